The lowest BCUT2D eigenvalue weighted by Crippen LogP contribution is -2.45. The minimum atomic E-state index is -0.309. The third-order valence-electron chi connectivity index (χ3n) is 2.77. The third-order valence-corrected chi connectivity index (χ3v) is 2.77. The average molecular weight is 196 g/mol. The Hall–Kier alpha value is -1.16. The highest BCUT2D eigenvalue weighted by Gasteiger charge is 2.31. The van der Waals surface area contributed by atoms with E-state index in [9.17, 15) is 4.39 Å². The van der Waals surface area contributed by atoms with E-state index in [0.29, 0.717) is 5.69 Å². The number of pyridine rings is 1. The Morgan fingerprint density at radius 1 is 1.57 bits per heavy atom. The molecule has 3 nitrogen and oxygen atoms in total. The second-order valence-electron chi connectivity index (χ2n) is 3.72. The second kappa shape index (κ2) is 3.53. The number of anilines is 1. The minimum Gasteiger partial charge on any atom is -0.393 e. The van der Waals surface area contributed by atoms with Crippen LogP contribution in [0.2, 0.25) is 0 Å². The summed E-state index contributed by atoms with van der Waals surface area (Å²) >= 11 is 0. The minimum absolute atomic E-state index is 0.215. The molecule has 0 amide bonds. The summed E-state index contributed by atoms with van der Waals surface area (Å²) in [5.74, 6) is -0.309. The quantitative estimate of drug-likeness (QED) is 0.771. The summed E-state index contributed by atoms with van der Waals surface area (Å²) in [5.41, 5.74) is 0.553. The molecule has 0 bridgehead atoms. The third kappa shape index (κ3) is 1.57. The molecular weight excluding hydrogens is 183 g/mol. The van der Waals surface area contributed by atoms with Crippen LogP contribution in [0.5, 0.6) is 0 Å². The number of rotatable bonds is 2. The molecule has 0 aromatic carbocycles. The molecule has 0 atom stereocenters. The van der Waals surface area contributed by atoms with Crippen molar-refractivity contribution in [3.63, 3.8) is 0 Å². The standard InChI is InChI=1S/C10H13FN2O/c1-13(7-4-8(14)5-7)10-2-3-12-6-9(10)11/h2-3,6-8,14H,4-5H2,1H3. The highest BCUT2D eigenvalue weighted by atomic mass is 19.1. The summed E-state index contributed by atoms with van der Waals surface area (Å²) in [6, 6.07) is 1.90. The summed E-state index contributed by atoms with van der Waals surface area (Å²) in [5, 5.41) is 9.15. The van der Waals surface area contributed by atoms with E-state index in [4.69, 9.17) is 5.11 Å². The molecule has 0 unspecified atom stereocenters. The monoisotopic (exact) mass is 196 g/mol. The molecule has 4 heteroatoms. The van der Waals surface area contributed by atoms with E-state index in [0.717, 1.165) is 12.8 Å². The van der Waals surface area contributed by atoms with E-state index >= 15 is 0 Å². The van der Waals surface area contributed by atoms with Crippen molar-refractivity contribution < 1.29 is 9.50 Å². The molecule has 0 saturated heterocycles. The highest BCUT2D eigenvalue weighted by molar-refractivity contribution is 5.46. The van der Waals surface area contributed by atoms with Gasteiger partial charge in [-0.15, -0.1) is 0 Å². The van der Waals surface area contributed by atoms with Crippen LogP contribution in [0, 0.1) is 5.82 Å². The fourth-order valence-corrected chi connectivity index (χ4v) is 1.73. The van der Waals surface area contributed by atoms with Crippen molar-refractivity contribution in [2.75, 3.05) is 11.9 Å². The van der Waals surface area contributed by atoms with Gasteiger partial charge >= 0.3 is 0 Å². The van der Waals surface area contributed by atoms with Crippen molar-refractivity contribution in [2.24, 2.45) is 0 Å². The molecule has 1 aromatic heterocycles. The number of aliphatic hydroxyl groups excluding tert-OH is 1. The predicted molar refractivity (Wildman–Crippen MR) is 51.6 cm³/mol. The zero-order valence-electron chi connectivity index (χ0n) is 8.02. The van der Waals surface area contributed by atoms with Crippen LogP contribution < -0.4 is 4.90 Å². The Labute approximate surface area is 82.2 Å². The Kier molecular flexibility index (Phi) is 2.37. The molecule has 1 saturated carbocycles. The van der Waals surface area contributed by atoms with Crippen molar-refractivity contribution in [3.8, 4) is 0 Å². The molecule has 14 heavy (non-hydrogen) atoms. The summed E-state index contributed by atoms with van der Waals surface area (Å²) < 4.78 is 13.3. The van der Waals surface area contributed by atoms with E-state index in [1.807, 2.05) is 11.9 Å². The van der Waals surface area contributed by atoms with Gasteiger partial charge in [-0.2, -0.15) is 0 Å². The summed E-state index contributed by atoms with van der Waals surface area (Å²) in [7, 11) is 1.84. The Morgan fingerprint density at radius 2 is 2.29 bits per heavy atom. The van der Waals surface area contributed by atoms with Crippen LogP contribution >= 0.6 is 0 Å². The molecule has 1 heterocycles. The van der Waals surface area contributed by atoms with Crippen LogP contribution in [0.15, 0.2) is 18.5 Å². The smallest absolute Gasteiger partial charge is 0.164 e. The molecule has 1 aliphatic rings. The SMILES string of the molecule is CN(c1ccncc1F)C1CC(O)C1. The first-order valence-corrected chi connectivity index (χ1v) is 4.69. The predicted octanol–water partition coefficient (Wildman–Crippen LogP) is 1.18. The largest absolute Gasteiger partial charge is 0.393 e. The topological polar surface area (TPSA) is 36.4 Å². The van der Waals surface area contributed by atoms with Gasteiger partial charge in [0, 0.05) is 19.3 Å². The molecule has 0 spiro atoms. The van der Waals surface area contributed by atoms with E-state index in [2.05, 4.69) is 4.98 Å². The van der Waals surface area contributed by atoms with Crippen molar-refractivity contribution in [3.05, 3.63) is 24.3 Å². The number of hydrogen-bond acceptors (Lipinski definition) is 3. The van der Waals surface area contributed by atoms with E-state index in [1.54, 1.807) is 12.3 Å². The lowest BCUT2D eigenvalue weighted by atomic mass is 9.88. The summed E-state index contributed by atoms with van der Waals surface area (Å²) in [6.07, 6.45) is 4.01. The molecule has 76 valence electrons. The number of aliphatic hydroxyl groups is 1. The van der Waals surface area contributed by atoms with Crippen LogP contribution in [-0.4, -0.2) is 29.3 Å². The van der Waals surface area contributed by atoms with Crippen LogP contribution in [0.3, 0.4) is 0 Å². The first-order valence-electron chi connectivity index (χ1n) is 4.69. The number of nitrogens with zero attached hydrogens (tertiary/aromatic N) is 2. The molecular formula is C10H13FN2O. The summed E-state index contributed by atoms with van der Waals surface area (Å²) in [4.78, 5) is 5.56. The lowest BCUT2D eigenvalue weighted by molar-refractivity contribution is 0.0748. The zero-order chi connectivity index (χ0) is 10.1. The average Bonchev–Trinajstić information content (AvgIpc) is 2.13. The zero-order valence-corrected chi connectivity index (χ0v) is 8.02. The van der Waals surface area contributed by atoms with Gasteiger partial charge < -0.3 is 10.0 Å². The van der Waals surface area contributed by atoms with Crippen molar-refractivity contribution >= 4 is 5.69 Å². The van der Waals surface area contributed by atoms with Gasteiger partial charge in [0.1, 0.15) is 0 Å². The normalized spacial score (nSPS) is 25.6. The van der Waals surface area contributed by atoms with Crippen molar-refractivity contribution in [1.29, 1.82) is 0 Å². The van der Waals surface area contributed by atoms with Crippen molar-refractivity contribution in [1.82, 2.24) is 4.98 Å². The van der Waals surface area contributed by atoms with Crippen LogP contribution in [0.4, 0.5) is 10.1 Å². The van der Waals surface area contributed by atoms with Gasteiger partial charge in [0.2, 0.25) is 0 Å². The Bertz CT molecular complexity index is 326. The van der Waals surface area contributed by atoms with Gasteiger partial charge in [-0.05, 0) is 18.9 Å². The number of hydrogen-bond donors (Lipinski definition) is 1. The molecule has 1 fully saturated rings. The molecule has 2 rings (SSSR count). The molecule has 1 aromatic rings. The van der Waals surface area contributed by atoms with E-state index in [-0.39, 0.29) is 18.0 Å². The van der Waals surface area contributed by atoms with Gasteiger partial charge in [0.05, 0.1) is 18.0 Å². The maximum absolute atomic E-state index is 13.3. The lowest BCUT2D eigenvalue weighted by Gasteiger charge is -2.39. The second-order valence-corrected chi connectivity index (χ2v) is 3.72. The Balaban J connectivity index is 2.11. The Morgan fingerprint density at radius 3 is 2.86 bits per heavy atom. The number of halogens is 1. The van der Waals surface area contributed by atoms with Gasteiger partial charge in [0.15, 0.2) is 5.82 Å². The fourth-order valence-electron chi connectivity index (χ4n) is 1.73. The maximum Gasteiger partial charge on any atom is 0.164 e. The van der Waals surface area contributed by atoms with E-state index < -0.39 is 0 Å². The summed E-state index contributed by atoms with van der Waals surface area (Å²) in [6.45, 7) is 0. The maximum atomic E-state index is 13.3. The van der Waals surface area contributed by atoms with Gasteiger partial charge in [-0.1, -0.05) is 0 Å². The van der Waals surface area contributed by atoms with Crippen LogP contribution in [0.1, 0.15) is 12.8 Å². The molecule has 0 radical (unpaired) electrons. The van der Waals surface area contributed by atoms with Crippen molar-refractivity contribution in [2.45, 2.75) is 25.0 Å². The highest BCUT2D eigenvalue weighted by Crippen LogP contribution is 2.29. The van der Waals surface area contributed by atoms with E-state index in [1.165, 1.54) is 6.20 Å². The molecule has 1 aliphatic carbocycles. The van der Waals surface area contributed by atoms with Gasteiger partial charge in [-0.3, -0.25) is 4.98 Å². The molecule has 0 aliphatic heterocycles. The van der Waals surface area contributed by atoms with Gasteiger partial charge in [-0.25, -0.2) is 4.39 Å². The first-order chi connectivity index (χ1) is 6.68. The molecule has 1 N–H and O–H groups in total. The fraction of sp³-hybridized carbons (Fsp3) is 0.500. The van der Waals surface area contributed by atoms with Crippen LogP contribution in [-0.2, 0) is 0 Å². The first kappa shape index (κ1) is 9.40. The van der Waals surface area contributed by atoms with Gasteiger partial charge in [0.25, 0.3) is 0 Å². The number of aromatic nitrogens is 1. The van der Waals surface area contributed by atoms with Crippen LogP contribution in [0.25, 0.3) is 0 Å².